The summed E-state index contributed by atoms with van der Waals surface area (Å²) in [6, 6.07) is 7.46. The Labute approximate surface area is 108 Å². The molecule has 2 rings (SSSR count). The molecule has 5 heteroatoms. The third kappa shape index (κ3) is 2.91. The molecule has 1 fully saturated rings. The van der Waals surface area contributed by atoms with E-state index in [2.05, 4.69) is 0 Å². The highest BCUT2D eigenvalue weighted by molar-refractivity contribution is 7.91. The Morgan fingerprint density at radius 1 is 1.44 bits per heavy atom. The van der Waals surface area contributed by atoms with E-state index in [-0.39, 0.29) is 17.4 Å². The topological polar surface area (TPSA) is 63.6 Å². The first-order valence-corrected chi connectivity index (χ1v) is 7.81. The molecule has 1 aromatic carbocycles. The molecule has 0 spiro atoms. The second-order valence-corrected chi connectivity index (χ2v) is 6.97. The number of methoxy groups -OCH3 is 1. The van der Waals surface area contributed by atoms with E-state index in [0.29, 0.717) is 13.0 Å². The average molecular weight is 270 g/mol. The van der Waals surface area contributed by atoms with Crippen molar-refractivity contribution in [2.45, 2.75) is 19.1 Å². The van der Waals surface area contributed by atoms with Gasteiger partial charge in [0.05, 0.1) is 24.2 Å². The third-order valence-electron chi connectivity index (χ3n) is 3.39. The number of hydrogen-bond acceptors (Lipinski definition) is 4. The maximum atomic E-state index is 11.5. The van der Waals surface area contributed by atoms with E-state index in [4.69, 9.17) is 4.74 Å². The van der Waals surface area contributed by atoms with E-state index < -0.39 is 15.9 Å². The summed E-state index contributed by atoms with van der Waals surface area (Å²) in [7, 11) is -1.36. The zero-order valence-corrected chi connectivity index (χ0v) is 11.2. The van der Waals surface area contributed by atoms with Gasteiger partial charge >= 0.3 is 0 Å². The minimum absolute atomic E-state index is 0.0789. The molecule has 2 unspecified atom stereocenters. The molecule has 1 aliphatic rings. The SMILES string of the molecule is COCc1ccccc1C(O)C1CCS(=O)(=O)C1. The molecule has 1 saturated heterocycles. The van der Waals surface area contributed by atoms with Gasteiger partial charge in [0.25, 0.3) is 0 Å². The van der Waals surface area contributed by atoms with Gasteiger partial charge < -0.3 is 9.84 Å². The molecule has 100 valence electrons. The number of aliphatic hydroxyl groups excluding tert-OH is 1. The van der Waals surface area contributed by atoms with Crippen LogP contribution in [0.2, 0.25) is 0 Å². The van der Waals surface area contributed by atoms with E-state index >= 15 is 0 Å². The molecule has 0 aromatic heterocycles. The third-order valence-corrected chi connectivity index (χ3v) is 5.18. The molecular formula is C13H18O4S. The van der Waals surface area contributed by atoms with Crippen LogP contribution in [0.25, 0.3) is 0 Å². The molecule has 1 N–H and O–H groups in total. The Kier molecular flexibility index (Phi) is 4.04. The van der Waals surface area contributed by atoms with Crippen LogP contribution >= 0.6 is 0 Å². The Bertz CT molecular complexity index is 509. The van der Waals surface area contributed by atoms with Crippen LogP contribution in [0.3, 0.4) is 0 Å². The van der Waals surface area contributed by atoms with Crippen molar-refractivity contribution in [3.05, 3.63) is 35.4 Å². The Balaban J connectivity index is 2.21. The van der Waals surface area contributed by atoms with Crippen molar-refractivity contribution in [1.82, 2.24) is 0 Å². The standard InChI is InChI=1S/C13H18O4S/c1-17-8-10-4-2-3-5-12(10)13(14)11-6-7-18(15,16)9-11/h2-5,11,13-14H,6-9H2,1H3. The monoisotopic (exact) mass is 270 g/mol. The van der Waals surface area contributed by atoms with Crippen molar-refractivity contribution in [1.29, 1.82) is 0 Å². The van der Waals surface area contributed by atoms with E-state index in [0.717, 1.165) is 11.1 Å². The molecule has 0 amide bonds. The van der Waals surface area contributed by atoms with Crippen molar-refractivity contribution in [3.63, 3.8) is 0 Å². The van der Waals surface area contributed by atoms with Crippen LogP contribution in [0.1, 0.15) is 23.7 Å². The Hall–Kier alpha value is -0.910. The van der Waals surface area contributed by atoms with Gasteiger partial charge in [-0.1, -0.05) is 24.3 Å². The van der Waals surface area contributed by atoms with E-state index in [1.165, 1.54) is 0 Å². The second-order valence-electron chi connectivity index (χ2n) is 4.74. The molecule has 0 aliphatic carbocycles. The molecule has 2 atom stereocenters. The van der Waals surface area contributed by atoms with Gasteiger partial charge in [-0.25, -0.2) is 8.42 Å². The quantitative estimate of drug-likeness (QED) is 0.895. The van der Waals surface area contributed by atoms with E-state index in [1.807, 2.05) is 24.3 Å². The largest absolute Gasteiger partial charge is 0.388 e. The number of rotatable bonds is 4. The molecule has 4 nitrogen and oxygen atoms in total. The van der Waals surface area contributed by atoms with Crippen LogP contribution in [-0.4, -0.2) is 32.1 Å². The maximum Gasteiger partial charge on any atom is 0.150 e. The van der Waals surface area contributed by atoms with Gasteiger partial charge in [0.15, 0.2) is 9.84 Å². The summed E-state index contributed by atoms with van der Waals surface area (Å²) in [4.78, 5) is 0. The molecule has 0 radical (unpaired) electrons. The summed E-state index contributed by atoms with van der Waals surface area (Å²) >= 11 is 0. The maximum absolute atomic E-state index is 11.5. The second kappa shape index (κ2) is 5.38. The van der Waals surface area contributed by atoms with Gasteiger partial charge in [-0.15, -0.1) is 0 Å². The van der Waals surface area contributed by atoms with Crippen molar-refractivity contribution >= 4 is 9.84 Å². The van der Waals surface area contributed by atoms with Crippen molar-refractivity contribution in [2.75, 3.05) is 18.6 Å². The fourth-order valence-electron chi connectivity index (χ4n) is 2.44. The number of aliphatic hydroxyl groups is 1. The number of sulfone groups is 1. The average Bonchev–Trinajstić information content (AvgIpc) is 2.70. The number of hydrogen-bond donors (Lipinski definition) is 1. The zero-order valence-electron chi connectivity index (χ0n) is 10.4. The van der Waals surface area contributed by atoms with Gasteiger partial charge in [0.1, 0.15) is 0 Å². The number of ether oxygens (including phenoxy) is 1. The fourth-order valence-corrected chi connectivity index (χ4v) is 4.27. The molecule has 1 aliphatic heterocycles. The Morgan fingerprint density at radius 3 is 2.78 bits per heavy atom. The first kappa shape index (κ1) is 13.5. The molecule has 0 bridgehead atoms. The van der Waals surface area contributed by atoms with Crippen molar-refractivity contribution < 1.29 is 18.3 Å². The Morgan fingerprint density at radius 2 is 2.17 bits per heavy atom. The van der Waals surface area contributed by atoms with Gasteiger partial charge in [-0.3, -0.25) is 0 Å². The lowest BCUT2D eigenvalue weighted by Crippen LogP contribution is -2.16. The summed E-state index contributed by atoms with van der Waals surface area (Å²) in [5.74, 6) is 0.0596. The van der Waals surface area contributed by atoms with Crippen molar-refractivity contribution in [2.24, 2.45) is 5.92 Å². The lowest BCUT2D eigenvalue weighted by atomic mass is 9.92. The van der Waals surface area contributed by atoms with Crippen LogP contribution in [0.15, 0.2) is 24.3 Å². The fraction of sp³-hybridized carbons (Fsp3) is 0.538. The van der Waals surface area contributed by atoms with E-state index in [1.54, 1.807) is 7.11 Å². The molecule has 0 saturated carbocycles. The molecule has 1 aromatic rings. The summed E-state index contributed by atoms with van der Waals surface area (Å²) in [6.07, 6.45) is -0.196. The molecule has 18 heavy (non-hydrogen) atoms. The first-order valence-electron chi connectivity index (χ1n) is 5.99. The van der Waals surface area contributed by atoms with Crippen LogP contribution < -0.4 is 0 Å². The summed E-state index contributed by atoms with van der Waals surface area (Å²) < 4.78 is 28.0. The summed E-state index contributed by atoms with van der Waals surface area (Å²) in [5.41, 5.74) is 1.69. The van der Waals surface area contributed by atoms with Gasteiger partial charge in [0.2, 0.25) is 0 Å². The van der Waals surface area contributed by atoms with Crippen LogP contribution in [0.5, 0.6) is 0 Å². The van der Waals surface area contributed by atoms with Crippen molar-refractivity contribution in [3.8, 4) is 0 Å². The predicted octanol–water partition coefficient (Wildman–Crippen LogP) is 1.30. The summed E-state index contributed by atoms with van der Waals surface area (Å²) in [6.45, 7) is 0.423. The smallest absolute Gasteiger partial charge is 0.150 e. The van der Waals surface area contributed by atoms with Gasteiger partial charge in [0, 0.05) is 13.0 Å². The predicted molar refractivity (Wildman–Crippen MR) is 68.9 cm³/mol. The molecular weight excluding hydrogens is 252 g/mol. The molecule has 1 heterocycles. The van der Waals surface area contributed by atoms with Crippen LogP contribution in [-0.2, 0) is 21.2 Å². The normalized spacial score (nSPS) is 24.0. The first-order chi connectivity index (χ1) is 8.53. The lowest BCUT2D eigenvalue weighted by Gasteiger charge is -2.20. The minimum atomic E-state index is -2.96. The summed E-state index contributed by atoms with van der Waals surface area (Å²) in [5, 5.41) is 10.3. The number of benzene rings is 1. The minimum Gasteiger partial charge on any atom is -0.388 e. The van der Waals surface area contributed by atoms with Crippen LogP contribution in [0, 0.1) is 5.92 Å². The van der Waals surface area contributed by atoms with Gasteiger partial charge in [-0.2, -0.15) is 0 Å². The lowest BCUT2D eigenvalue weighted by molar-refractivity contribution is 0.115. The van der Waals surface area contributed by atoms with E-state index in [9.17, 15) is 13.5 Å². The highest BCUT2D eigenvalue weighted by atomic mass is 32.2. The highest BCUT2D eigenvalue weighted by Crippen LogP contribution is 2.33. The van der Waals surface area contributed by atoms with Crippen LogP contribution in [0.4, 0.5) is 0 Å². The zero-order chi connectivity index (χ0) is 13.2. The van der Waals surface area contributed by atoms with Gasteiger partial charge in [-0.05, 0) is 17.5 Å². The highest BCUT2D eigenvalue weighted by Gasteiger charge is 2.34.